The molecular weight excluding hydrogens is 598 g/mol. The molecule has 15 nitrogen and oxygen atoms in total. The van der Waals surface area contributed by atoms with Crippen molar-refractivity contribution in [3.63, 3.8) is 0 Å². The van der Waals surface area contributed by atoms with Crippen molar-refractivity contribution in [3.05, 3.63) is 41.1 Å². The second-order valence-corrected chi connectivity index (χ2v) is 11.5. The summed E-state index contributed by atoms with van der Waals surface area (Å²) >= 11 is 1.21. The van der Waals surface area contributed by atoms with Gasteiger partial charge in [-0.05, 0) is 24.6 Å². The van der Waals surface area contributed by atoms with Crippen molar-refractivity contribution in [2.24, 2.45) is 5.16 Å². The molecule has 228 valence electrons. The standard InChI is InChI=1S/C25H29N3O12S2/c1-5-18(30)38-13-39-25(33)21-15(10-36-3)12-41-24-20(23(32)28(21)24)26-22(31)19(27-37-4)17(29)11-40-42(34,35)16-8-6-14(2)7-9-16/h6-9,20,24H,5,10-13H2,1-4H3,(H,26,31)/b27-19-/t20?,24-/m1/s1. The van der Waals surface area contributed by atoms with Crippen molar-refractivity contribution in [2.75, 3.05) is 40.0 Å². The first-order valence-electron chi connectivity index (χ1n) is 12.3. The molecule has 2 aliphatic rings. The quantitative estimate of drug-likeness (QED) is 0.0553. The molecule has 1 fully saturated rings. The summed E-state index contributed by atoms with van der Waals surface area (Å²) in [5.74, 6) is -4.24. The van der Waals surface area contributed by atoms with Crippen LogP contribution < -0.4 is 5.32 Å². The van der Waals surface area contributed by atoms with Crippen LogP contribution in [0.25, 0.3) is 0 Å². The predicted octanol–water partition coefficient (Wildman–Crippen LogP) is 0.0261. The lowest BCUT2D eigenvalue weighted by atomic mass is 10.0. The van der Waals surface area contributed by atoms with E-state index in [9.17, 15) is 32.4 Å². The van der Waals surface area contributed by atoms with Crippen molar-refractivity contribution in [2.45, 2.75) is 36.6 Å². The van der Waals surface area contributed by atoms with E-state index >= 15 is 0 Å². The Morgan fingerprint density at radius 1 is 1.12 bits per heavy atom. The highest BCUT2D eigenvalue weighted by Gasteiger charge is 2.55. The molecule has 0 aromatic heterocycles. The van der Waals surface area contributed by atoms with E-state index < -0.39 is 70.2 Å². The Hall–Kier alpha value is -3.80. The maximum absolute atomic E-state index is 13.1. The number of fused-ring (bicyclic) bond motifs is 1. The number of ketones is 1. The topological polar surface area (TPSA) is 193 Å². The molecule has 1 aromatic rings. The van der Waals surface area contributed by atoms with E-state index in [2.05, 4.69) is 15.3 Å². The minimum atomic E-state index is -4.32. The van der Waals surface area contributed by atoms with Gasteiger partial charge in [0.15, 0.2) is 0 Å². The number of esters is 2. The molecule has 0 spiro atoms. The molecule has 0 radical (unpaired) electrons. The van der Waals surface area contributed by atoms with Gasteiger partial charge in [0.1, 0.15) is 30.8 Å². The molecule has 1 N–H and O–H groups in total. The SMILES string of the molecule is CCC(=O)OCOC(=O)C1=C(COC)CS[C@@H]2C(NC(=O)/C(=N\OC)C(=O)COS(=O)(=O)c3ccc(C)cc3)C(=O)N12. The summed E-state index contributed by atoms with van der Waals surface area (Å²) < 4.78 is 44.6. The van der Waals surface area contributed by atoms with Crippen LogP contribution in [0.5, 0.6) is 0 Å². The number of Topliss-reactive ketones (excluding diaryl/α,β-unsaturated/α-hetero) is 1. The fourth-order valence-corrected chi connectivity index (χ4v) is 5.96. The molecule has 2 heterocycles. The van der Waals surface area contributed by atoms with Gasteiger partial charge in [-0.25, -0.2) is 4.79 Å². The fourth-order valence-electron chi connectivity index (χ4n) is 3.77. The number of aryl methyl sites for hydroxylation is 1. The first-order chi connectivity index (χ1) is 19.9. The molecule has 17 heteroatoms. The number of oxime groups is 1. The fraction of sp³-hybridized carbons (Fsp3) is 0.440. The zero-order chi connectivity index (χ0) is 31.0. The van der Waals surface area contributed by atoms with Crippen LogP contribution in [0.2, 0.25) is 0 Å². The summed E-state index contributed by atoms with van der Waals surface area (Å²) in [6.07, 6.45) is 0.0748. The van der Waals surface area contributed by atoms with Gasteiger partial charge in [0, 0.05) is 19.3 Å². The third-order valence-corrected chi connectivity index (χ3v) is 8.48. The molecule has 2 aliphatic heterocycles. The molecule has 1 aromatic carbocycles. The average Bonchev–Trinajstić information content (AvgIpc) is 2.97. The van der Waals surface area contributed by atoms with Gasteiger partial charge in [0.2, 0.25) is 18.3 Å². The number of ether oxygens (including phenoxy) is 3. The number of carbonyl (C=O) groups is 5. The first-order valence-corrected chi connectivity index (χ1v) is 14.8. The van der Waals surface area contributed by atoms with E-state index in [1.165, 1.54) is 31.0 Å². The summed E-state index contributed by atoms with van der Waals surface area (Å²) in [7, 11) is -1.86. The van der Waals surface area contributed by atoms with E-state index in [0.29, 0.717) is 5.57 Å². The minimum Gasteiger partial charge on any atom is -0.428 e. The van der Waals surface area contributed by atoms with Gasteiger partial charge < -0.3 is 24.4 Å². The monoisotopic (exact) mass is 627 g/mol. The van der Waals surface area contributed by atoms with Gasteiger partial charge in [0.25, 0.3) is 21.9 Å². The van der Waals surface area contributed by atoms with Crippen molar-refractivity contribution in [1.29, 1.82) is 0 Å². The van der Waals surface area contributed by atoms with Gasteiger partial charge in [-0.1, -0.05) is 29.8 Å². The Morgan fingerprint density at radius 3 is 2.43 bits per heavy atom. The number of amides is 2. The Balaban J connectivity index is 1.69. The molecule has 2 atom stereocenters. The Morgan fingerprint density at radius 2 is 1.81 bits per heavy atom. The van der Waals surface area contributed by atoms with Gasteiger partial charge in [-0.15, -0.1) is 11.8 Å². The van der Waals surface area contributed by atoms with Crippen LogP contribution in [0.3, 0.4) is 0 Å². The molecular formula is C25H29N3O12S2. The molecule has 0 saturated carbocycles. The van der Waals surface area contributed by atoms with Crippen LogP contribution in [-0.2, 0) is 57.3 Å². The number of carbonyl (C=O) groups excluding carboxylic acids is 5. The summed E-state index contributed by atoms with van der Waals surface area (Å²) in [6, 6.07) is 4.52. The zero-order valence-electron chi connectivity index (χ0n) is 23.1. The van der Waals surface area contributed by atoms with Gasteiger partial charge >= 0.3 is 11.9 Å². The number of benzene rings is 1. The summed E-state index contributed by atoms with van der Waals surface area (Å²) in [6.45, 7) is 1.62. The van der Waals surface area contributed by atoms with E-state index in [1.807, 2.05) is 0 Å². The molecule has 1 saturated heterocycles. The number of nitrogens with zero attached hydrogens (tertiary/aromatic N) is 2. The van der Waals surface area contributed by atoms with Gasteiger partial charge in [0.05, 0.1) is 11.5 Å². The van der Waals surface area contributed by atoms with Crippen molar-refractivity contribution < 1.29 is 55.6 Å². The van der Waals surface area contributed by atoms with Crippen molar-refractivity contribution in [1.82, 2.24) is 10.2 Å². The van der Waals surface area contributed by atoms with Crippen molar-refractivity contribution >= 4 is 57.1 Å². The number of nitrogens with one attached hydrogen (secondary N) is 1. The van der Waals surface area contributed by atoms with Crippen LogP contribution in [0.4, 0.5) is 0 Å². The number of thioether (sulfide) groups is 1. The summed E-state index contributed by atoms with van der Waals surface area (Å²) in [5.41, 5.74) is 0.299. The Bertz CT molecular complexity index is 1410. The maximum Gasteiger partial charge on any atom is 0.358 e. The van der Waals surface area contributed by atoms with Gasteiger partial charge in [-0.2, -0.15) is 8.42 Å². The van der Waals surface area contributed by atoms with E-state index in [4.69, 9.17) is 18.4 Å². The van der Waals surface area contributed by atoms with E-state index in [0.717, 1.165) is 17.6 Å². The summed E-state index contributed by atoms with van der Waals surface area (Å²) in [5, 5.41) is 5.00. The first kappa shape index (κ1) is 32.7. The third kappa shape index (κ3) is 7.53. The average molecular weight is 628 g/mol. The molecule has 1 unspecified atom stereocenters. The molecule has 0 aliphatic carbocycles. The van der Waals surface area contributed by atoms with Crippen LogP contribution in [0.15, 0.2) is 45.6 Å². The maximum atomic E-state index is 13.1. The van der Waals surface area contributed by atoms with Gasteiger partial charge in [-0.3, -0.25) is 28.3 Å². The number of methoxy groups -OCH3 is 1. The smallest absolute Gasteiger partial charge is 0.358 e. The lowest BCUT2D eigenvalue weighted by Gasteiger charge is -2.49. The summed E-state index contributed by atoms with van der Waals surface area (Å²) in [4.78, 5) is 68.4. The molecule has 42 heavy (non-hydrogen) atoms. The molecule has 0 bridgehead atoms. The van der Waals surface area contributed by atoms with Crippen molar-refractivity contribution in [3.8, 4) is 0 Å². The van der Waals surface area contributed by atoms with E-state index in [1.54, 1.807) is 26.0 Å². The Labute approximate surface area is 245 Å². The highest BCUT2D eigenvalue weighted by atomic mass is 32.2. The van der Waals surface area contributed by atoms with Crippen LogP contribution >= 0.6 is 11.8 Å². The largest absolute Gasteiger partial charge is 0.428 e. The predicted molar refractivity (Wildman–Crippen MR) is 145 cm³/mol. The zero-order valence-corrected chi connectivity index (χ0v) is 24.7. The number of β-lactam (4-membered cyclic amide) rings is 1. The number of hydrogen-bond acceptors (Lipinski definition) is 14. The van der Waals surface area contributed by atoms with Crippen LogP contribution in [0.1, 0.15) is 18.9 Å². The van der Waals surface area contributed by atoms with Crippen LogP contribution in [-0.4, -0.2) is 100.0 Å². The normalized spacial score (nSPS) is 18.5. The number of rotatable bonds is 14. The highest BCUT2D eigenvalue weighted by molar-refractivity contribution is 8.00. The van der Waals surface area contributed by atoms with E-state index in [-0.39, 0.29) is 29.4 Å². The highest BCUT2D eigenvalue weighted by Crippen LogP contribution is 2.40. The third-order valence-electron chi connectivity index (χ3n) is 5.86. The van der Waals surface area contributed by atoms with Crippen LogP contribution in [0, 0.1) is 6.92 Å². The second kappa shape index (κ2) is 14.4. The second-order valence-electron chi connectivity index (χ2n) is 8.74. The minimum absolute atomic E-state index is 0.00432. The molecule has 2 amide bonds. The molecule has 3 rings (SSSR count). The number of hydrogen-bond donors (Lipinski definition) is 1. The lowest BCUT2D eigenvalue weighted by molar-refractivity contribution is -0.167. The lowest BCUT2D eigenvalue weighted by Crippen LogP contribution is -2.71. The Kier molecular flexibility index (Phi) is 11.2.